The molecular weight excluding hydrogens is 297 g/mol. The SMILES string of the molecule is CS(=O)(=O)CCNCc1cc(F)cc(Br)c1. The maximum Gasteiger partial charge on any atom is 0.148 e. The zero-order valence-electron chi connectivity index (χ0n) is 8.83. The van der Waals surface area contributed by atoms with Crippen molar-refractivity contribution in [1.29, 1.82) is 0 Å². The van der Waals surface area contributed by atoms with Crippen LogP contribution in [0.2, 0.25) is 0 Å². The molecular formula is C10H13BrFNO2S. The van der Waals surface area contributed by atoms with Crippen LogP contribution in [0, 0.1) is 5.82 Å². The summed E-state index contributed by atoms with van der Waals surface area (Å²) >= 11 is 3.19. The Hall–Kier alpha value is -0.460. The van der Waals surface area contributed by atoms with Crippen molar-refractivity contribution >= 4 is 25.8 Å². The van der Waals surface area contributed by atoms with Crippen molar-refractivity contribution in [3.8, 4) is 0 Å². The zero-order chi connectivity index (χ0) is 12.2. The van der Waals surface area contributed by atoms with Gasteiger partial charge < -0.3 is 5.32 Å². The Labute approximate surface area is 103 Å². The highest BCUT2D eigenvalue weighted by Crippen LogP contribution is 2.14. The first kappa shape index (κ1) is 13.6. The van der Waals surface area contributed by atoms with Crippen LogP contribution >= 0.6 is 15.9 Å². The number of sulfone groups is 1. The van der Waals surface area contributed by atoms with Gasteiger partial charge in [-0.3, -0.25) is 0 Å². The van der Waals surface area contributed by atoms with E-state index in [4.69, 9.17) is 0 Å². The van der Waals surface area contributed by atoms with Crippen molar-refractivity contribution in [2.75, 3.05) is 18.6 Å². The monoisotopic (exact) mass is 309 g/mol. The quantitative estimate of drug-likeness (QED) is 0.843. The lowest BCUT2D eigenvalue weighted by atomic mass is 10.2. The van der Waals surface area contributed by atoms with Crippen molar-refractivity contribution < 1.29 is 12.8 Å². The number of nitrogens with one attached hydrogen (secondary N) is 1. The van der Waals surface area contributed by atoms with Gasteiger partial charge in [0.1, 0.15) is 15.7 Å². The summed E-state index contributed by atoms with van der Waals surface area (Å²) in [7, 11) is -2.94. The van der Waals surface area contributed by atoms with Gasteiger partial charge in [-0.15, -0.1) is 0 Å². The number of benzene rings is 1. The molecule has 0 unspecified atom stereocenters. The molecule has 0 fully saturated rings. The topological polar surface area (TPSA) is 46.2 Å². The summed E-state index contributed by atoms with van der Waals surface area (Å²) in [6.45, 7) is 0.818. The third-order valence-electron chi connectivity index (χ3n) is 1.90. The van der Waals surface area contributed by atoms with Crippen LogP contribution in [0.4, 0.5) is 4.39 Å². The normalized spacial score (nSPS) is 11.7. The van der Waals surface area contributed by atoms with Crippen molar-refractivity contribution in [1.82, 2.24) is 5.32 Å². The van der Waals surface area contributed by atoms with Crippen LogP contribution in [0.1, 0.15) is 5.56 Å². The Morgan fingerprint density at radius 3 is 2.62 bits per heavy atom. The van der Waals surface area contributed by atoms with E-state index in [1.807, 2.05) is 0 Å². The van der Waals surface area contributed by atoms with E-state index >= 15 is 0 Å². The first-order chi connectivity index (χ1) is 7.37. The minimum Gasteiger partial charge on any atom is -0.312 e. The average molecular weight is 310 g/mol. The molecule has 0 bridgehead atoms. The maximum absolute atomic E-state index is 13.0. The molecule has 3 nitrogen and oxygen atoms in total. The van der Waals surface area contributed by atoms with E-state index in [-0.39, 0.29) is 11.6 Å². The molecule has 1 N–H and O–H groups in total. The van der Waals surface area contributed by atoms with Gasteiger partial charge in [0.25, 0.3) is 0 Å². The second-order valence-corrected chi connectivity index (χ2v) is 6.76. The zero-order valence-corrected chi connectivity index (χ0v) is 11.2. The summed E-state index contributed by atoms with van der Waals surface area (Å²) in [5.41, 5.74) is 0.778. The molecule has 16 heavy (non-hydrogen) atoms. The molecule has 0 amide bonds. The van der Waals surface area contributed by atoms with Gasteiger partial charge >= 0.3 is 0 Å². The fourth-order valence-corrected chi connectivity index (χ4v) is 2.23. The molecule has 0 atom stereocenters. The molecule has 0 aliphatic carbocycles. The average Bonchev–Trinajstić information content (AvgIpc) is 2.09. The molecule has 0 aromatic heterocycles. The summed E-state index contributed by atoms with van der Waals surface area (Å²) in [5, 5.41) is 2.95. The number of halogens is 2. The highest BCUT2D eigenvalue weighted by atomic mass is 79.9. The largest absolute Gasteiger partial charge is 0.312 e. The fourth-order valence-electron chi connectivity index (χ4n) is 1.20. The summed E-state index contributed by atoms with van der Waals surface area (Å²) in [5.74, 6) is -0.224. The molecule has 1 aromatic carbocycles. The van der Waals surface area contributed by atoms with Gasteiger partial charge in [0.2, 0.25) is 0 Å². The smallest absolute Gasteiger partial charge is 0.148 e. The number of hydrogen-bond acceptors (Lipinski definition) is 3. The predicted octanol–water partition coefficient (Wildman–Crippen LogP) is 1.72. The van der Waals surface area contributed by atoms with Gasteiger partial charge in [-0.1, -0.05) is 15.9 Å². The molecule has 1 aromatic rings. The summed E-state index contributed by atoms with van der Waals surface area (Å²) in [6.07, 6.45) is 1.19. The van der Waals surface area contributed by atoms with Gasteiger partial charge in [-0.25, -0.2) is 12.8 Å². The molecule has 90 valence electrons. The number of rotatable bonds is 5. The third kappa shape index (κ3) is 5.58. The predicted molar refractivity (Wildman–Crippen MR) is 65.5 cm³/mol. The molecule has 0 radical (unpaired) electrons. The van der Waals surface area contributed by atoms with E-state index < -0.39 is 9.84 Å². The fraction of sp³-hybridized carbons (Fsp3) is 0.400. The van der Waals surface area contributed by atoms with Crippen molar-refractivity contribution in [2.45, 2.75) is 6.54 Å². The Morgan fingerprint density at radius 2 is 2.06 bits per heavy atom. The molecule has 1 rings (SSSR count). The Morgan fingerprint density at radius 1 is 1.38 bits per heavy atom. The van der Waals surface area contributed by atoms with Crippen molar-refractivity contribution in [3.05, 3.63) is 34.1 Å². The first-order valence-corrected chi connectivity index (χ1v) is 7.55. The van der Waals surface area contributed by atoms with Gasteiger partial charge in [0.15, 0.2) is 0 Å². The van der Waals surface area contributed by atoms with Gasteiger partial charge in [0.05, 0.1) is 5.75 Å². The molecule has 0 spiro atoms. The molecule has 6 heteroatoms. The second-order valence-electron chi connectivity index (χ2n) is 3.58. The lowest BCUT2D eigenvalue weighted by Crippen LogP contribution is -2.21. The van der Waals surface area contributed by atoms with Crippen LogP contribution in [-0.4, -0.2) is 27.0 Å². The lowest BCUT2D eigenvalue weighted by Gasteiger charge is -2.05. The van der Waals surface area contributed by atoms with Crippen LogP contribution in [0.5, 0.6) is 0 Å². The van der Waals surface area contributed by atoms with E-state index in [0.29, 0.717) is 17.6 Å². The van der Waals surface area contributed by atoms with Crippen LogP contribution in [0.25, 0.3) is 0 Å². The molecule has 0 aliphatic heterocycles. The van der Waals surface area contributed by atoms with Crippen molar-refractivity contribution in [3.63, 3.8) is 0 Å². The summed E-state index contributed by atoms with van der Waals surface area (Å²) in [6, 6.07) is 4.58. The van der Waals surface area contributed by atoms with Gasteiger partial charge in [-0.2, -0.15) is 0 Å². The summed E-state index contributed by atoms with van der Waals surface area (Å²) < 4.78 is 35.3. The molecule has 0 aliphatic rings. The Kier molecular flexibility index (Phi) is 4.89. The highest BCUT2D eigenvalue weighted by Gasteiger charge is 2.02. The van der Waals surface area contributed by atoms with E-state index in [1.165, 1.54) is 18.4 Å². The minimum absolute atomic E-state index is 0.0868. The van der Waals surface area contributed by atoms with E-state index in [2.05, 4.69) is 21.2 Å². The standard InChI is InChI=1S/C10H13BrFNO2S/c1-16(14,15)3-2-13-7-8-4-9(11)6-10(12)5-8/h4-6,13H,2-3,7H2,1H3. The first-order valence-electron chi connectivity index (χ1n) is 4.70. The van der Waals surface area contributed by atoms with Crippen molar-refractivity contribution in [2.24, 2.45) is 0 Å². The Balaban J connectivity index is 2.43. The van der Waals surface area contributed by atoms with E-state index in [1.54, 1.807) is 6.07 Å². The maximum atomic E-state index is 13.0. The minimum atomic E-state index is -2.94. The van der Waals surface area contributed by atoms with Gasteiger partial charge in [0, 0.05) is 23.8 Å². The van der Waals surface area contributed by atoms with Crippen LogP contribution < -0.4 is 5.32 Å². The number of hydrogen-bond donors (Lipinski definition) is 1. The second kappa shape index (κ2) is 5.75. The Bertz CT molecular complexity index is 442. The lowest BCUT2D eigenvalue weighted by molar-refractivity contribution is 0.595. The molecule has 0 saturated heterocycles. The van der Waals surface area contributed by atoms with Crippen LogP contribution in [0.15, 0.2) is 22.7 Å². The van der Waals surface area contributed by atoms with E-state index in [9.17, 15) is 12.8 Å². The van der Waals surface area contributed by atoms with E-state index in [0.717, 1.165) is 5.56 Å². The molecule has 0 saturated carbocycles. The third-order valence-corrected chi connectivity index (χ3v) is 3.30. The summed E-state index contributed by atoms with van der Waals surface area (Å²) in [4.78, 5) is 0. The van der Waals surface area contributed by atoms with Gasteiger partial charge in [-0.05, 0) is 23.8 Å². The highest BCUT2D eigenvalue weighted by molar-refractivity contribution is 9.10. The van der Waals surface area contributed by atoms with Crippen LogP contribution in [0.3, 0.4) is 0 Å². The molecule has 0 heterocycles. The van der Waals surface area contributed by atoms with Crippen LogP contribution in [-0.2, 0) is 16.4 Å².